The summed E-state index contributed by atoms with van der Waals surface area (Å²) in [5, 5.41) is 6.27. The van der Waals surface area contributed by atoms with Crippen LogP contribution in [0, 0.1) is 12.7 Å². The average Bonchev–Trinajstić information content (AvgIpc) is 3.19. The summed E-state index contributed by atoms with van der Waals surface area (Å²) in [5.41, 5.74) is 2.36. The van der Waals surface area contributed by atoms with E-state index < -0.39 is 37.1 Å². The molecule has 3 heterocycles. The molecule has 2 aliphatic rings. The standard InChI is InChI=1S/C31H33FN4O4S/c1-4-6-29-31(14-17-33-18-15-31)26-19-23(30(38)35-20-27-21(2)7-5-16-34-27)8-13-28(26)36(29,22(3)37)41(39,40)25-11-9-24(32)10-12-25/h4-5,7-13,16,19,29,33H,1,6,14-15,17-18,20H2,2-3H3/p+1. The predicted octanol–water partition coefficient (Wildman–Crippen LogP) is 4.28. The van der Waals surface area contributed by atoms with E-state index in [1.807, 2.05) is 19.1 Å². The highest BCUT2D eigenvalue weighted by atomic mass is 32.2. The lowest BCUT2D eigenvalue weighted by Crippen LogP contribution is -2.66. The van der Waals surface area contributed by atoms with Crippen LogP contribution in [-0.4, -0.2) is 44.3 Å². The van der Waals surface area contributed by atoms with Gasteiger partial charge in [0.15, 0.2) is 5.69 Å². The molecule has 2 N–H and O–H groups in total. The molecule has 41 heavy (non-hydrogen) atoms. The third-order valence-corrected chi connectivity index (χ3v) is 10.9. The number of pyridine rings is 1. The molecule has 3 aromatic rings. The maximum absolute atomic E-state index is 14.6. The first kappa shape index (κ1) is 28.8. The van der Waals surface area contributed by atoms with Gasteiger partial charge in [-0.25, -0.2) is 9.18 Å². The van der Waals surface area contributed by atoms with Crippen molar-refractivity contribution >= 4 is 27.5 Å². The zero-order valence-electron chi connectivity index (χ0n) is 23.2. The molecule has 2 atom stereocenters. The van der Waals surface area contributed by atoms with Crippen LogP contribution in [0.25, 0.3) is 0 Å². The molecule has 1 spiro atoms. The second kappa shape index (κ2) is 10.9. The Morgan fingerprint density at radius 3 is 2.51 bits per heavy atom. The topological polar surface area (TPSA) is 105 Å². The zero-order chi connectivity index (χ0) is 29.4. The molecule has 2 amide bonds. The fraction of sp³-hybridized carbons (Fsp3) is 0.323. The molecule has 214 valence electrons. The van der Waals surface area contributed by atoms with Gasteiger partial charge in [0, 0.05) is 29.8 Å². The summed E-state index contributed by atoms with van der Waals surface area (Å²) in [5.74, 6) is -1.47. The first-order valence-corrected chi connectivity index (χ1v) is 15.1. The molecule has 0 aliphatic carbocycles. The van der Waals surface area contributed by atoms with Crippen LogP contribution in [-0.2, 0) is 26.8 Å². The first-order chi connectivity index (χ1) is 19.6. The van der Waals surface area contributed by atoms with Gasteiger partial charge in [-0.1, -0.05) is 12.1 Å². The van der Waals surface area contributed by atoms with E-state index in [4.69, 9.17) is 0 Å². The number of benzene rings is 2. The van der Waals surface area contributed by atoms with Crippen LogP contribution in [0.3, 0.4) is 0 Å². The summed E-state index contributed by atoms with van der Waals surface area (Å²) in [6.45, 7) is 8.60. The summed E-state index contributed by atoms with van der Waals surface area (Å²) in [7, 11) is -4.42. The summed E-state index contributed by atoms with van der Waals surface area (Å²) < 4.78 is 42.0. The van der Waals surface area contributed by atoms with E-state index in [0.29, 0.717) is 42.7 Å². The Bertz CT molecular complexity index is 1620. The van der Waals surface area contributed by atoms with Gasteiger partial charge in [-0.2, -0.15) is 8.42 Å². The number of aromatic nitrogens is 1. The van der Waals surface area contributed by atoms with Crippen molar-refractivity contribution in [2.75, 3.05) is 13.1 Å². The van der Waals surface area contributed by atoms with Crippen LogP contribution in [0.5, 0.6) is 0 Å². The number of quaternary nitrogens is 1. The van der Waals surface area contributed by atoms with Crippen molar-refractivity contribution in [1.82, 2.24) is 19.5 Å². The number of piperidine rings is 1. The molecule has 2 unspecified atom stereocenters. The number of aryl methyl sites for hydroxylation is 1. The van der Waals surface area contributed by atoms with Gasteiger partial charge in [-0.05, 0) is 80.9 Å². The van der Waals surface area contributed by atoms with E-state index in [1.54, 1.807) is 30.5 Å². The van der Waals surface area contributed by atoms with E-state index in [-0.39, 0.29) is 23.8 Å². The number of amides is 2. The SMILES string of the molecule is C=CCC1C2(CCNCC2)c2cc(C(=O)NCc3ncccc3C)ccc2[N+]1(C(C)=O)S(=O)(=O)c1ccc(F)cc1. The van der Waals surface area contributed by atoms with Crippen LogP contribution >= 0.6 is 0 Å². The van der Waals surface area contributed by atoms with Crippen molar-refractivity contribution in [2.24, 2.45) is 0 Å². The number of nitrogens with zero attached hydrogens (tertiary/aromatic N) is 2. The average molecular weight is 578 g/mol. The van der Waals surface area contributed by atoms with Gasteiger partial charge < -0.3 is 10.6 Å². The summed E-state index contributed by atoms with van der Waals surface area (Å²) >= 11 is 0. The molecule has 10 heteroatoms. The van der Waals surface area contributed by atoms with E-state index in [2.05, 4.69) is 22.2 Å². The van der Waals surface area contributed by atoms with Crippen LogP contribution in [0.4, 0.5) is 10.1 Å². The Morgan fingerprint density at radius 1 is 1.17 bits per heavy atom. The quantitative estimate of drug-likeness (QED) is 0.321. The van der Waals surface area contributed by atoms with Crippen molar-refractivity contribution in [3.05, 3.63) is 102 Å². The van der Waals surface area contributed by atoms with Gasteiger partial charge in [-0.3, -0.25) is 9.78 Å². The molecule has 2 aliphatic heterocycles. The molecule has 2 aromatic carbocycles. The number of sulfonamides is 1. The van der Waals surface area contributed by atoms with Crippen molar-refractivity contribution in [3.8, 4) is 0 Å². The van der Waals surface area contributed by atoms with Gasteiger partial charge in [0.1, 0.15) is 16.8 Å². The summed E-state index contributed by atoms with van der Waals surface area (Å²) in [4.78, 5) is 31.4. The Hall–Kier alpha value is -3.73. The number of rotatable bonds is 7. The first-order valence-electron chi connectivity index (χ1n) is 13.7. The zero-order valence-corrected chi connectivity index (χ0v) is 24.0. The van der Waals surface area contributed by atoms with Crippen molar-refractivity contribution in [2.45, 2.75) is 56.0 Å². The van der Waals surface area contributed by atoms with E-state index in [9.17, 15) is 22.4 Å². The van der Waals surface area contributed by atoms with Gasteiger partial charge in [-0.15, -0.1) is 10.5 Å². The fourth-order valence-corrected chi connectivity index (χ4v) is 8.86. The Morgan fingerprint density at radius 2 is 1.88 bits per heavy atom. The van der Waals surface area contributed by atoms with E-state index in [1.165, 1.54) is 19.1 Å². The molecule has 1 fully saturated rings. The van der Waals surface area contributed by atoms with Crippen LogP contribution in [0.1, 0.15) is 53.4 Å². The number of nitrogens with one attached hydrogen (secondary N) is 2. The normalized spacial score (nSPS) is 21.3. The number of hydrogen-bond acceptors (Lipinski definition) is 6. The van der Waals surface area contributed by atoms with Gasteiger partial charge >= 0.3 is 15.9 Å². The van der Waals surface area contributed by atoms with Crippen LogP contribution < -0.4 is 14.5 Å². The minimum atomic E-state index is -4.42. The molecular weight excluding hydrogens is 543 g/mol. The lowest BCUT2D eigenvalue weighted by Gasteiger charge is -2.43. The Balaban J connectivity index is 1.69. The predicted molar refractivity (Wildman–Crippen MR) is 155 cm³/mol. The Labute approximate surface area is 239 Å². The van der Waals surface area contributed by atoms with Gasteiger partial charge in [0.2, 0.25) is 0 Å². The molecule has 1 saturated heterocycles. The number of fused-ring (bicyclic) bond motifs is 2. The summed E-state index contributed by atoms with van der Waals surface area (Å²) in [6.07, 6.45) is 4.71. The highest BCUT2D eigenvalue weighted by Gasteiger charge is 2.69. The number of carbonyl (C=O) groups is 2. The van der Waals surface area contributed by atoms with Gasteiger partial charge in [0.05, 0.1) is 24.6 Å². The molecule has 1 aromatic heterocycles. The van der Waals surface area contributed by atoms with Crippen molar-refractivity contribution in [3.63, 3.8) is 0 Å². The number of hydrogen-bond donors (Lipinski definition) is 2. The molecule has 8 nitrogen and oxygen atoms in total. The molecule has 5 rings (SSSR count). The van der Waals surface area contributed by atoms with Crippen molar-refractivity contribution < 1.29 is 22.4 Å². The van der Waals surface area contributed by atoms with E-state index in [0.717, 1.165) is 23.4 Å². The summed E-state index contributed by atoms with van der Waals surface area (Å²) in [6, 6.07) is 12.5. The fourth-order valence-electron chi connectivity index (χ4n) is 6.67. The molecule has 0 saturated carbocycles. The molecular formula is C31H34FN4O4S+. The molecule has 0 radical (unpaired) electrons. The van der Waals surface area contributed by atoms with Crippen LogP contribution in [0.15, 0.2) is 78.3 Å². The Kier molecular flexibility index (Phi) is 7.67. The highest BCUT2D eigenvalue weighted by molar-refractivity contribution is 7.91. The number of halogens is 1. The maximum Gasteiger partial charge on any atom is 0.339 e. The monoisotopic (exact) mass is 577 g/mol. The number of carbonyl (C=O) groups excluding carboxylic acids is 2. The smallest absolute Gasteiger partial charge is 0.339 e. The van der Waals surface area contributed by atoms with E-state index >= 15 is 0 Å². The minimum Gasteiger partial charge on any atom is -0.346 e. The van der Waals surface area contributed by atoms with Crippen LogP contribution in [0.2, 0.25) is 0 Å². The van der Waals surface area contributed by atoms with Gasteiger partial charge in [0.25, 0.3) is 5.91 Å². The largest absolute Gasteiger partial charge is 0.346 e. The third kappa shape index (κ3) is 4.50. The maximum atomic E-state index is 14.6. The minimum absolute atomic E-state index is 0.146. The second-order valence-electron chi connectivity index (χ2n) is 10.7. The van der Waals surface area contributed by atoms with Crippen molar-refractivity contribution in [1.29, 1.82) is 0 Å². The third-order valence-electron chi connectivity index (χ3n) is 8.61. The lowest BCUT2D eigenvalue weighted by molar-refractivity contribution is -0.125. The molecule has 0 bridgehead atoms. The highest BCUT2D eigenvalue weighted by Crippen LogP contribution is 2.58. The lowest BCUT2D eigenvalue weighted by atomic mass is 9.68. The second-order valence-corrected chi connectivity index (χ2v) is 12.7.